The number of ether oxygens (including phenoxy) is 4. The fourth-order valence-electron chi connectivity index (χ4n) is 7.29. The van der Waals surface area contributed by atoms with Crippen LogP contribution in [0.4, 0.5) is 9.59 Å². The number of carbonyl (C=O) groups is 7. The minimum absolute atomic E-state index is 0. The Bertz CT molecular complexity index is 3620. The Labute approximate surface area is 678 Å². The SMILES string of the molecule is CCOC(=N)c1ccccc1.CCOC(=[Se])c1ccccc1.CN(N)C(=[Se])c1ccccc1.CN(NC(=O)CC(=O)NN(C)C(=[Se])c1ccccc1)C(=[Se])c1ccccc1.CN(NC(=O)OC(C)(C)C)C(=O)c1ccccc1.CN(NC(=O)OC(C)(C)C)C(=[Se])c1ccccc1.CNN.O=C(O)CC(=O)O.[SeH2]. The molecule has 0 atom stereocenters. The van der Waals surface area contributed by atoms with Crippen LogP contribution in [0.15, 0.2) is 212 Å². The van der Waals surface area contributed by atoms with Crippen LogP contribution in [-0.2, 0) is 38.1 Å². The zero-order chi connectivity index (χ0) is 80.4. The number of rotatable bonds is 21. The summed E-state index contributed by atoms with van der Waals surface area (Å²) in [6, 6.07) is 67.0. The van der Waals surface area contributed by atoms with E-state index in [1.165, 1.54) is 7.05 Å². The third-order valence-electron chi connectivity index (χ3n) is 11.8. The van der Waals surface area contributed by atoms with Crippen molar-refractivity contribution >= 4 is 165 Å². The Morgan fingerprint density at radius 2 is 0.664 bits per heavy atom. The zero-order valence-corrected chi connectivity index (χ0v) is 73.0. The van der Waals surface area contributed by atoms with E-state index < -0.39 is 53.6 Å². The van der Waals surface area contributed by atoms with Crippen molar-refractivity contribution in [3.8, 4) is 0 Å². The summed E-state index contributed by atoms with van der Waals surface area (Å²) in [6.45, 7) is 15.8. The molecule has 7 aromatic carbocycles. The molecule has 26 nitrogen and oxygen atoms in total. The molecule has 32 heteroatoms. The third kappa shape index (κ3) is 48.2. The summed E-state index contributed by atoms with van der Waals surface area (Å²) in [6.07, 6.45) is -2.23. The van der Waals surface area contributed by atoms with Crippen molar-refractivity contribution in [3.05, 3.63) is 251 Å². The number of benzene rings is 7. The van der Waals surface area contributed by atoms with Gasteiger partial charge in [0, 0.05) is 18.2 Å². The first-order valence-corrected chi connectivity index (χ1v) is 36.5. The van der Waals surface area contributed by atoms with Crippen molar-refractivity contribution in [1.82, 2.24) is 52.2 Å². The van der Waals surface area contributed by atoms with Crippen molar-refractivity contribution in [3.63, 3.8) is 0 Å². The van der Waals surface area contributed by atoms with Gasteiger partial charge in [-0.2, -0.15) is 0 Å². The minimum atomic E-state index is -1.31. The molecule has 0 aliphatic heterocycles. The molecule has 0 aliphatic carbocycles. The number of hydrogen-bond acceptors (Lipinski definition) is 19. The van der Waals surface area contributed by atoms with Gasteiger partial charge in [-0.3, -0.25) is 36.1 Å². The van der Waals surface area contributed by atoms with E-state index in [1.54, 1.807) is 100 Å². The van der Waals surface area contributed by atoms with Gasteiger partial charge in [-0.1, -0.05) is 36.4 Å². The number of nitrogens with zero attached hydrogens (tertiary/aromatic N) is 5. The van der Waals surface area contributed by atoms with Gasteiger partial charge in [0.1, 0.15) is 12.0 Å². The number of nitrogens with two attached hydrogens (primary N) is 2. The van der Waals surface area contributed by atoms with Crippen LogP contribution in [0.1, 0.15) is 112 Å². The molecule has 107 heavy (non-hydrogen) atoms. The molecule has 0 aromatic heterocycles. The van der Waals surface area contributed by atoms with Gasteiger partial charge in [-0.15, -0.1) is 0 Å². The Balaban J connectivity index is 0. The molecule has 0 radical (unpaired) electrons. The van der Waals surface area contributed by atoms with E-state index in [9.17, 15) is 33.6 Å². The molecule has 7 rings (SSSR count). The topological polar surface area (TPSA) is 349 Å². The number of aliphatic carboxylic acids is 2. The summed E-state index contributed by atoms with van der Waals surface area (Å²) < 4.78 is 24.7. The quantitative estimate of drug-likeness (QED) is 0.0111. The second-order valence-electron chi connectivity index (χ2n) is 23.1. The molecule has 5 amide bonds. The summed E-state index contributed by atoms with van der Waals surface area (Å²) in [5, 5.41) is 30.2. The van der Waals surface area contributed by atoms with Gasteiger partial charge in [-0.25, -0.2) is 10.2 Å². The number of carbonyl (C=O) groups excluding carboxylic acids is 5. The van der Waals surface area contributed by atoms with E-state index in [1.807, 2.05) is 223 Å². The van der Waals surface area contributed by atoms with Gasteiger partial charge in [-0.05, 0) is 59.0 Å². The molecule has 0 saturated heterocycles. The third-order valence-corrected chi connectivity index (χ3v) is 16.8. The van der Waals surface area contributed by atoms with Crippen LogP contribution in [0.2, 0.25) is 0 Å². The molecule has 12 N–H and O–H groups in total. The van der Waals surface area contributed by atoms with Crippen LogP contribution in [-0.4, -0.2) is 267 Å². The standard InChI is InChI=1S/C19H20N4O2Se2.C13H18N2O3.C13H18N2O2Se.C9H11NO.C9H10OSe.C8H10N2Se.C3H4O4.CH6N2.H2Se/c1-22(18(26)14-9-5-3-6-10-14)20-16(24)13-17(25)21-23(2)19(27)15-11-7-4-8-12-15;1-13(2,3)18-12(17)14-15(4)11(16)10-8-6-5-7-9-10;1-13(2,3)17-12(16)14-15(4)11(18)10-8-6-5-7-9-10;1-2-11-9(10)8-6-4-3-5-7-8;1-2-10-9(11)8-6-4-3-5-7-8;1-10(9)8(11)7-5-3-2-4-6-7;4-2(5)1-3(6)7;1-3-2;/h3-12H,13H2,1-2H3,(H,20,24)(H,21,25);5-9H,1-4H3,(H,14,17);5-9H,1-4H3,(H,14,16);3-7,10H,2H2,1H3;3-7H,2H2,1H3;2-6H,9H2,1H3;1H2,(H,4,5)(H,6,7);3H,2H2,1H3;1H2. The van der Waals surface area contributed by atoms with Crippen molar-refractivity contribution in [2.75, 3.05) is 55.5 Å². The molecule has 0 unspecified atom stereocenters. The van der Waals surface area contributed by atoms with Crippen molar-refractivity contribution in [2.24, 2.45) is 11.7 Å². The molecule has 0 saturated carbocycles. The van der Waals surface area contributed by atoms with Crippen LogP contribution < -0.4 is 38.8 Å². The molecular formula is C75H99N13O13Se6. The first-order valence-electron chi connectivity index (χ1n) is 32.2. The normalized spacial score (nSPS) is 9.61. The predicted molar refractivity (Wildman–Crippen MR) is 433 cm³/mol. The van der Waals surface area contributed by atoms with Gasteiger partial charge >= 0.3 is 474 Å². The summed E-state index contributed by atoms with van der Waals surface area (Å²) in [5.41, 5.74) is 17.9. The Morgan fingerprint density at radius 3 is 0.925 bits per heavy atom. The number of hydrazine groups is 6. The molecular weight excluding hydrogens is 1760 g/mol. The number of amides is 5. The maximum atomic E-state index is 12.1. The first-order chi connectivity index (χ1) is 49.9. The number of hydrogen-bond donors (Lipinski definition) is 10. The van der Waals surface area contributed by atoms with Gasteiger partial charge in [0.15, 0.2) is 0 Å². The van der Waals surface area contributed by atoms with E-state index >= 15 is 0 Å². The predicted octanol–water partition coefficient (Wildman–Crippen LogP) is 5.16. The van der Waals surface area contributed by atoms with Crippen LogP contribution in [0.3, 0.4) is 0 Å². The van der Waals surface area contributed by atoms with Crippen molar-refractivity contribution in [1.29, 1.82) is 5.41 Å². The average Bonchev–Trinajstić information content (AvgIpc) is 0.887. The zero-order valence-electron chi connectivity index (χ0n) is 62.4. The van der Waals surface area contributed by atoms with Gasteiger partial charge in [0.2, 0.25) is 5.90 Å². The average molecular weight is 1860 g/mol. The molecule has 0 bridgehead atoms. The van der Waals surface area contributed by atoms with E-state index in [2.05, 4.69) is 111 Å². The monoisotopic (exact) mass is 1870 g/mol. The molecule has 0 fully saturated rings. The molecule has 0 heterocycles. The Kier molecular flexibility index (Phi) is 53.0. The van der Waals surface area contributed by atoms with Gasteiger partial charge < -0.3 is 19.7 Å². The van der Waals surface area contributed by atoms with Crippen molar-refractivity contribution in [2.45, 2.75) is 79.4 Å². The van der Waals surface area contributed by atoms with E-state index in [4.69, 9.17) is 40.4 Å². The molecule has 0 spiro atoms. The summed E-state index contributed by atoms with van der Waals surface area (Å²) in [7, 11) is 10.1. The number of carboxylic acids is 2. The first kappa shape index (κ1) is 100. The molecule has 7 aromatic rings. The fraction of sp³-hybridized carbons (Fsp3) is 0.267. The molecule has 0 aliphatic rings. The van der Waals surface area contributed by atoms with Crippen LogP contribution in [0.25, 0.3) is 0 Å². The van der Waals surface area contributed by atoms with Crippen LogP contribution in [0.5, 0.6) is 0 Å². The van der Waals surface area contributed by atoms with Gasteiger partial charge in [0.05, 0.1) is 6.61 Å². The van der Waals surface area contributed by atoms with E-state index in [0.29, 0.717) is 18.8 Å². The van der Waals surface area contributed by atoms with E-state index in [-0.39, 0.29) is 35.3 Å². The second-order valence-corrected chi connectivity index (χ2v) is 27.2. The van der Waals surface area contributed by atoms with E-state index in [0.717, 1.165) is 61.2 Å². The Hall–Kier alpha value is -8.75. The molecule has 578 valence electrons. The maximum absolute atomic E-state index is 12.1. The number of nitrogens with one attached hydrogen (secondary N) is 6. The number of carboxylic acid groups (broad SMARTS) is 2. The fourth-order valence-corrected chi connectivity index (χ4v) is 9.26. The van der Waals surface area contributed by atoms with Crippen molar-refractivity contribution < 1.29 is 62.7 Å². The summed E-state index contributed by atoms with van der Waals surface area (Å²) in [5.74, 6) is 6.63. The summed E-state index contributed by atoms with van der Waals surface area (Å²) >= 11 is 14.6. The summed E-state index contributed by atoms with van der Waals surface area (Å²) in [4.78, 5) is 78.1. The van der Waals surface area contributed by atoms with Gasteiger partial charge in [0.25, 0.3) is 5.91 Å². The Morgan fingerprint density at radius 1 is 0.411 bits per heavy atom. The second kappa shape index (κ2) is 56.5. The van der Waals surface area contributed by atoms with Crippen LogP contribution in [0, 0.1) is 5.41 Å². The van der Waals surface area contributed by atoms with Crippen LogP contribution >= 0.6 is 0 Å².